The molecule has 0 aromatic heterocycles. The van der Waals surface area contributed by atoms with Crippen LogP contribution in [0.2, 0.25) is 0 Å². The van der Waals surface area contributed by atoms with Crippen molar-refractivity contribution in [2.24, 2.45) is 10.9 Å². The fraction of sp³-hybridized carbons (Fsp3) is 0.364. The number of anilines is 1. The van der Waals surface area contributed by atoms with Gasteiger partial charge in [-0.2, -0.15) is 4.99 Å². The van der Waals surface area contributed by atoms with E-state index in [9.17, 15) is 4.79 Å². The first kappa shape index (κ1) is 8.97. The molecule has 0 radical (unpaired) electrons. The largest absolute Gasteiger partial charge is 0.383 e. The van der Waals surface area contributed by atoms with Gasteiger partial charge in [-0.05, 0) is 30.9 Å². The van der Waals surface area contributed by atoms with Crippen LogP contribution in [0.15, 0.2) is 29.3 Å². The van der Waals surface area contributed by atoms with Crippen LogP contribution in [-0.2, 0) is 4.79 Å². The molecule has 72 valence electrons. The molecule has 1 aromatic rings. The quantitative estimate of drug-likeness (QED) is 0.582. The van der Waals surface area contributed by atoms with Crippen LogP contribution in [0.1, 0.15) is 12.8 Å². The maximum absolute atomic E-state index is 10.2. The number of isocyanates is 1. The van der Waals surface area contributed by atoms with Gasteiger partial charge in [-0.25, -0.2) is 4.79 Å². The Morgan fingerprint density at radius 2 is 2.21 bits per heavy atom. The third-order valence-corrected chi connectivity index (χ3v) is 2.35. The maximum Gasteiger partial charge on any atom is 0.240 e. The molecule has 1 fully saturated rings. The summed E-state index contributed by atoms with van der Waals surface area (Å²) in [6.07, 6.45) is 4.19. The Labute approximate surface area is 82.9 Å². The summed E-state index contributed by atoms with van der Waals surface area (Å²) < 4.78 is 0. The van der Waals surface area contributed by atoms with Crippen LogP contribution in [0.5, 0.6) is 0 Å². The Morgan fingerprint density at radius 1 is 1.43 bits per heavy atom. The second-order valence-electron chi connectivity index (χ2n) is 3.54. The molecule has 0 bridgehead atoms. The van der Waals surface area contributed by atoms with E-state index in [1.807, 2.05) is 18.2 Å². The molecule has 0 spiro atoms. The van der Waals surface area contributed by atoms with Gasteiger partial charge in [0.25, 0.3) is 0 Å². The van der Waals surface area contributed by atoms with Gasteiger partial charge in [0.15, 0.2) is 0 Å². The van der Waals surface area contributed by atoms with Crippen LogP contribution in [0, 0.1) is 5.92 Å². The molecule has 14 heavy (non-hydrogen) atoms. The van der Waals surface area contributed by atoms with Crippen molar-refractivity contribution in [2.45, 2.75) is 12.8 Å². The van der Waals surface area contributed by atoms with Gasteiger partial charge in [0.1, 0.15) is 0 Å². The van der Waals surface area contributed by atoms with Crippen LogP contribution in [-0.4, -0.2) is 12.6 Å². The monoisotopic (exact) mass is 188 g/mol. The van der Waals surface area contributed by atoms with Crippen LogP contribution < -0.4 is 5.32 Å². The summed E-state index contributed by atoms with van der Waals surface area (Å²) in [5, 5.41) is 3.29. The van der Waals surface area contributed by atoms with Crippen molar-refractivity contribution in [1.82, 2.24) is 0 Å². The van der Waals surface area contributed by atoms with E-state index in [2.05, 4.69) is 10.3 Å². The third-order valence-electron chi connectivity index (χ3n) is 2.35. The van der Waals surface area contributed by atoms with Crippen LogP contribution >= 0.6 is 0 Å². The molecule has 1 aliphatic carbocycles. The zero-order valence-corrected chi connectivity index (χ0v) is 7.86. The minimum atomic E-state index is 0.670. The molecular weight excluding hydrogens is 176 g/mol. The minimum Gasteiger partial charge on any atom is -0.383 e. The SMILES string of the molecule is O=C=Nc1ccccc1NCC1CC1. The summed E-state index contributed by atoms with van der Waals surface area (Å²) in [5.74, 6) is 0.809. The number of hydrogen-bond acceptors (Lipinski definition) is 3. The molecule has 1 aliphatic rings. The highest BCUT2D eigenvalue weighted by Crippen LogP contribution is 2.30. The lowest BCUT2D eigenvalue weighted by Gasteiger charge is -2.06. The Balaban J connectivity index is 2.08. The predicted octanol–water partition coefficient (Wildman–Crippen LogP) is 2.48. The third kappa shape index (κ3) is 2.21. The fourth-order valence-electron chi connectivity index (χ4n) is 1.35. The normalized spacial score (nSPS) is 14.6. The van der Waals surface area contributed by atoms with Crippen LogP contribution in [0.4, 0.5) is 11.4 Å². The van der Waals surface area contributed by atoms with Gasteiger partial charge in [0, 0.05) is 6.54 Å². The van der Waals surface area contributed by atoms with E-state index in [0.29, 0.717) is 5.69 Å². The minimum absolute atomic E-state index is 0.670. The van der Waals surface area contributed by atoms with Crippen molar-refractivity contribution in [3.05, 3.63) is 24.3 Å². The Morgan fingerprint density at radius 3 is 2.93 bits per heavy atom. The summed E-state index contributed by atoms with van der Waals surface area (Å²) in [6, 6.07) is 7.52. The lowest BCUT2D eigenvalue weighted by molar-refractivity contribution is 0.565. The summed E-state index contributed by atoms with van der Waals surface area (Å²) in [6.45, 7) is 0.978. The topological polar surface area (TPSA) is 41.5 Å². The summed E-state index contributed by atoms with van der Waals surface area (Å²) in [7, 11) is 0. The van der Waals surface area contributed by atoms with Crippen molar-refractivity contribution in [3.63, 3.8) is 0 Å². The van der Waals surface area contributed by atoms with E-state index in [-0.39, 0.29) is 0 Å². The Hall–Kier alpha value is -1.60. The Kier molecular flexibility index (Phi) is 2.61. The standard InChI is InChI=1S/C11H12N2O/c14-8-13-11-4-2-1-3-10(11)12-7-9-5-6-9/h1-4,9,12H,5-7H2. The molecule has 0 unspecified atom stereocenters. The Bertz CT molecular complexity index is 365. The second-order valence-corrected chi connectivity index (χ2v) is 3.54. The van der Waals surface area contributed by atoms with Gasteiger partial charge >= 0.3 is 0 Å². The van der Waals surface area contributed by atoms with E-state index >= 15 is 0 Å². The van der Waals surface area contributed by atoms with Gasteiger partial charge < -0.3 is 5.32 Å². The molecule has 0 atom stereocenters. The number of aliphatic imine (C=N–C) groups is 1. The van der Waals surface area contributed by atoms with Gasteiger partial charge in [-0.1, -0.05) is 12.1 Å². The van der Waals surface area contributed by atoms with Gasteiger partial charge in [0.2, 0.25) is 6.08 Å². The lowest BCUT2D eigenvalue weighted by Crippen LogP contribution is -2.02. The molecule has 2 rings (SSSR count). The van der Waals surface area contributed by atoms with Crippen molar-refractivity contribution in [3.8, 4) is 0 Å². The molecular formula is C11H12N2O. The summed E-state index contributed by atoms with van der Waals surface area (Å²) in [4.78, 5) is 13.8. The molecule has 1 N–H and O–H groups in total. The first-order valence-corrected chi connectivity index (χ1v) is 4.81. The average Bonchev–Trinajstić information content (AvgIpc) is 3.01. The van der Waals surface area contributed by atoms with Gasteiger partial charge in [-0.15, -0.1) is 0 Å². The van der Waals surface area contributed by atoms with Crippen molar-refractivity contribution in [1.29, 1.82) is 0 Å². The fourth-order valence-corrected chi connectivity index (χ4v) is 1.35. The highest BCUT2D eigenvalue weighted by Gasteiger charge is 2.20. The number of nitrogens with one attached hydrogen (secondary N) is 1. The average molecular weight is 188 g/mol. The van der Waals surface area contributed by atoms with E-state index in [1.165, 1.54) is 12.8 Å². The predicted molar refractivity (Wildman–Crippen MR) is 55.4 cm³/mol. The molecule has 1 aromatic carbocycles. The van der Waals surface area contributed by atoms with Gasteiger partial charge in [-0.3, -0.25) is 0 Å². The van der Waals surface area contributed by atoms with E-state index < -0.39 is 0 Å². The lowest BCUT2D eigenvalue weighted by atomic mass is 10.2. The number of hydrogen-bond donors (Lipinski definition) is 1. The van der Waals surface area contributed by atoms with Crippen LogP contribution in [0.3, 0.4) is 0 Å². The molecule has 3 heteroatoms. The zero-order valence-electron chi connectivity index (χ0n) is 7.86. The smallest absolute Gasteiger partial charge is 0.240 e. The first-order chi connectivity index (χ1) is 6.90. The number of rotatable bonds is 4. The van der Waals surface area contributed by atoms with Crippen molar-refractivity contribution >= 4 is 17.5 Å². The molecule has 1 saturated carbocycles. The number of benzene rings is 1. The van der Waals surface area contributed by atoms with Crippen LogP contribution in [0.25, 0.3) is 0 Å². The molecule has 3 nitrogen and oxygen atoms in total. The zero-order chi connectivity index (χ0) is 9.80. The van der Waals surface area contributed by atoms with E-state index in [1.54, 1.807) is 12.1 Å². The highest BCUT2D eigenvalue weighted by atomic mass is 16.1. The summed E-state index contributed by atoms with van der Waals surface area (Å²) >= 11 is 0. The molecule has 0 aliphatic heterocycles. The second kappa shape index (κ2) is 4.07. The highest BCUT2D eigenvalue weighted by molar-refractivity contribution is 5.68. The number of carbonyl (C=O) groups excluding carboxylic acids is 1. The summed E-state index contributed by atoms with van der Waals surface area (Å²) in [5.41, 5.74) is 1.59. The molecule has 0 amide bonds. The maximum atomic E-state index is 10.2. The number of para-hydroxylation sites is 2. The van der Waals surface area contributed by atoms with Crippen molar-refractivity contribution < 1.29 is 4.79 Å². The first-order valence-electron chi connectivity index (χ1n) is 4.81. The number of nitrogens with zero attached hydrogens (tertiary/aromatic N) is 1. The van der Waals surface area contributed by atoms with E-state index in [4.69, 9.17) is 0 Å². The van der Waals surface area contributed by atoms with Crippen molar-refractivity contribution in [2.75, 3.05) is 11.9 Å². The van der Waals surface area contributed by atoms with E-state index in [0.717, 1.165) is 18.2 Å². The van der Waals surface area contributed by atoms with Gasteiger partial charge in [0.05, 0.1) is 11.4 Å². The molecule has 0 saturated heterocycles. The molecule has 0 heterocycles.